The second-order valence-corrected chi connectivity index (χ2v) is 4.14. The zero-order valence-corrected chi connectivity index (χ0v) is 11.1. The molecule has 4 heteroatoms. The quantitative estimate of drug-likeness (QED) is 0.715. The zero-order valence-electron chi connectivity index (χ0n) is 11.1. The van der Waals surface area contributed by atoms with Gasteiger partial charge in [0, 0.05) is 30.8 Å². The summed E-state index contributed by atoms with van der Waals surface area (Å²) in [6.45, 7) is 4.73. The van der Waals surface area contributed by atoms with Crippen LogP contribution in [0.1, 0.15) is 29.3 Å². The van der Waals surface area contributed by atoms with E-state index >= 15 is 0 Å². The number of aliphatic hydroxyl groups excluding tert-OH is 1. The van der Waals surface area contributed by atoms with Gasteiger partial charge in [-0.05, 0) is 31.2 Å². The van der Waals surface area contributed by atoms with E-state index in [1.165, 1.54) is 0 Å². The minimum absolute atomic E-state index is 0.196. The van der Waals surface area contributed by atoms with Crippen LogP contribution in [0, 0.1) is 0 Å². The maximum Gasteiger partial charge on any atom is 0.150 e. The third kappa shape index (κ3) is 4.13. The molecular formula is C14H21NO3. The molecule has 0 aliphatic rings. The monoisotopic (exact) mass is 251 g/mol. The first-order valence-electron chi connectivity index (χ1n) is 6.20. The van der Waals surface area contributed by atoms with Crippen molar-refractivity contribution >= 4 is 6.29 Å². The largest absolute Gasteiger partial charge is 0.496 e. The van der Waals surface area contributed by atoms with Crippen molar-refractivity contribution < 1.29 is 14.6 Å². The Morgan fingerprint density at radius 2 is 2.22 bits per heavy atom. The van der Waals surface area contributed by atoms with E-state index in [2.05, 4.69) is 11.8 Å². The van der Waals surface area contributed by atoms with E-state index in [0.717, 1.165) is 43.7 Å². The Balaban J connectivity index is 2.82. The van der Waals surface area contributed by atoms with E-state index in [1.807, 2.05) is 12.1 Å². The average Bonchev–Trinajstić information content (AvgIpc) is 2.43. The van der Waals surface area contributed by atoms with Gasteiger partial charge in [0.2, 0.25) is 0 Å². The molecule has 100 valence electrons. The molecule has 0 saturated carbocycles. The number of carbonyl (C=O) groups excluding carboxylic acids is 1. The molecule has 0 aliphatic heterocycles. The van der Waals surface area contributed by atoms with Crippen LogP contribution in [0.25, 0.3) is 0 Å². The molecule has 0 fully saturated rings. The molecular weight excluding hydrogens is 230 g/mol. The first kappa shape index (κ1) is 14.7. The van der Waals surface area contributed by atoms with Crippen molar-refractivity contribution in [1.29, 1.82) is 0 Å². The number of hydrogen-bond donors (Lipinski definition) is 1. The number of ether oxygens (including phenoxy) is 1. The first-order valence-corrected chi connectivity index (χ1v) is 6.20. The Hall–Kier alpha value is -1.39. The van der Waals surface area contributed by atoms with Gasteiger partial charge in [-0.2, -0.15) is 0 Å². The fourth-order valence-corrected chi connectivity index (χ4v) is 1.88. The lowest BCUT2D eigenvalue weighted by Crippen LogP contribution is -2.25. The molecule has 1 N–H and O–H groups in total. The third-order valence-corrected chi connectivity index (χ3v) is 2.91. The van der Waals surface area contributed by atoms with Crippen LogP contribution in [0.4, 0.5) is 0 Å². The summed E-state index contributed by atoms with van der Waals surface area (Å²) in [4.78, 5) is 13.0. The maximum absolute atomic E-state index is 10.8. The SMILES string of the molecule is CCN(CCCO)Cc1cc(C=O)ccc1OC. The summed E-state index contributed by atoms with van der Waals surface area (Å²) in [6.07, 6.45) is 1.59. The van der Waals surface area contributed by atoms with Crippen molar-refractivity contribution in [3.63, 3.8) is 0 Å². The molecule has 1 aromatic carbocycles. The molecule has 4 nitrogen and oxygen atoms in total. The molecule has 1 aromatic rings. The minimum atomic E-state index is 0.196. The summed E-state index contributed by atoms with van der Waals surface area (Å²) in [5.41, 5.74) is 1.66. The predicted molar refractivity (Wildman–Crippen MR) is 71.0 cm³/mol. The summed E-state index contributed by atoms with van der Waals surface area (Å²) >= 11 is 0. The summed E-state index contributed by atoms with van der Waals surface area (Å²) in [6, 6.07) is 5.42. The molecule has 0 spiro atoms. The molecule has 0 heterocycles. The normalized spacial score (nSPS) is 10.7. The Morgan fingerprint density at radius 3 is 2.78 bits per heavy atom. The number of carbonyl (C=O) groups is 1. The number of aldehydes is 1. The Bertz CT molecular complexity index is 379. The fraction of sp³-hybridized carbons (Fsp3) is 0.500. The molecule has 0 aliphatic carbocycles. The van der Waals surface area contributed by atoms with Gasteiger partial charge in [-0.1, -0.05) is 6.92 Å². The fourth-order valence-electron chi connectivity index (χ4n) is 1.88. The van der Waals surface area contributed by atoms with Gasteiger partial charge >= 0.3 is 0 Å². The van der Waals surface area contributed by atoms with Crippen LogP contribution in [0.2, 0.25) is 0 Å². The van der Waals surface area contributed by atoms with Gasteiger partial charge < -0.3 is 9.84 Å². The molecule has 0 atom stereocenters. The average molecular weight is 251 g/mol. The molecule has 18 heavy (non-hydrogen) atoms. The Kier molecular flexibility index (Phi) is 6.39. The third-order valence-electron chi connectivity index (χ3n) is 2.91. The van der Waals surface area contributed by atoms with Gasteiger partial charge in [0.1, 0.15) is 12.0 Å². The number of hydrogen-bond acceptors (Lipinski definition) is 4. The molecule has 0 radical (unpaired) electrons. The van der Waals surface area contributed by atoms with Crippen molar-refractivity contribution in [2.45, 2.75) is 19.9 Å². The smallest absolute Gasteiger partial charge is 0.150 e. The van der Waals surface area contributed by atoms with Gasteiger partial charge in [0.25, 0.3) is 0 Å². The summed E-state index contributed by atoms with van der Waals surface area (Å²) < 4.78 is 5.30. The number of rotatable bonds is 8. The molecule has 0 amide bonds. The van der Waals surface area contributed by atoms with Crippen molar-refractivity contribution in [2.75, 3.05) is 26.8 Å². The molecule has 0 aromatic heterocycles. The number of benzene rings is 1. The second kappa shape index (κ2) is 7.84. The van der Waals surface area contributed by atoms with E-state index in [4.69, 9.17) is 9.84 Å². The minimum Gasteiger partial charge on any atom is -0.496 e. The van der Waals surface area contributed by atoms with Crippen LogP contribution < -0.4 is 4.74 Å². The van der Waals surface area contributed by atoms with Crippen molar-refractivity contribution in [1.82, 2.24) is 4.90 Å². The summed E-state index contributed by atoms with van der Waals surface area (Å²) in [5.74, 6) is 0.794. The van der Waals surface area contributed by atoms with Crippen LogP contribution >= 0.6 is 0 Å². The Morgan fingerprint density at radius 1 is 1.44 bits per heavy atom. The van der Waals surface area contributed by atoms with E-state index in [-0.39, 0.29) is 6.61 Å². The Labute approximate surface area is 108 Å². The lowest BCUT2D eigenvalue weighted by Gasteiger charge is -2.21. The van der Waals surface area contributed by atoms with Crippen LogP contribution in [-0.4, -0.2) is 43.1 Å². The van der Waals surface area contributed by atoms with E-state index in [9.17, 15) is 4.79 Å². The number of nitrogens with zero attached hydrogens (tertiary/aromatic N) is 1. The van der Waals surface area contributed by atoms with Crippen LogP contribution in [0.15, 0.2) is 18.2 Å². The van der Waals surface area contributed by atoms with Gasteiger partial charge in [0.15, 0.2) is 0 Å². The highest BCUT2D eigenvalue weighted by molar-refractivity contribution is 5.75. The van der Waals surface area contributed by atoms with Crippen LogP contribution in [0.3, 0.4) is 0 Å². The lowest BCUT2D eigenvalue weighted by atomic mass is 10.1. The molecule has 1 rings (SSSR count). The van der Waals surface area contributed by atoms with Crippen molar-refractivity contribution in [3.05, 3.63) is 29.3 Å². The van der Waals surface area contributed by atoms with Crippen molar-refractivity contribution in [3.8, 4) is 5.75 Å². The zero-order chi connectivity index (χ0) is 13.4. The second-order valence-electron chi connectivity index (χ2n) is 4.14. The van der Waals surface area contributed by atoms with Gasteiger partial charge in [-0.3, -0.25) is 9.69 Å². The van der Waals surface area contributed by atoms with Crippen LogP contribution in [-0.2, 0) is 6.54 Å². The first-order chi connectivity index (χ1) is 8.74. The standard InChI is InChI=1S/C14H21NO3/c1-3-15(7-4-8-16)10-13-9-12(11-17)5-6-14(13)18-2/h5-6,9,11,16H,3-4,7-8,10H2,1-2H3. The predicted octanol–water partition coefficient (Wildman–Crippen LogP) is 1.71. The van der Waals surface area contributed by atoms with E-state index in [0.29, 0.717) is 5.56 Å². The number of methoxy groups -OCH3 is 1. The van der Waals surface area contributed by atoms with Gasteiger partial charge in [0.05, 0.1) is 7.11 Å². The van der Waals surface area contributed by atoms with Gasteiger partial charge in [-0.15, -0.1) is 0 Å². The molecule has 0 unspecified atom stereocenters. The number of aliphatic hydroxyl groups is 1. The summed E-state index contributed by atoms with van der Waals surface area (Å²) in [7, 11) is 1.63. The highest BCUT2D eigenvalue weighted by Crippen LogP contribution is 2.21. The van der Waals surface area contributed by atoms with Crippen molar-refractivity contribution in [2.24, 2.45) is 0 Å². The summed E-state index contributed by atoms with van der Waals surface area (Å²) in [5, 5.41) is 8.86. The topological polar surface area (TPSA) is 49.8 Å². The molecule has 0 saturated heterocycles. The van der Waals surface area contributed by atoms with Gasteiger partial charge in [-0.25, -0.2) is 0 Å². The lowest BCUT2D eigenvalue weighted by molar-refractivity contribution is 0.112. The molecule has 0 bridgehead atoms. The van der Waals surface area contributed by atoms with Crippen LogP contribution in [0.5, 0.6) is 5.75 Å². The van der Waals surface area contributed by atoms with E-state index < -0.39 is 0 Å². The highest BCUT2D eigenvalue weighted by Gasteiger charge is 2.09. The van der Waals surface area contributed by atoms with E-state index in [1.54, 1.807) is 13.2 Å². The highest BCUT2D eigenvalue weighted by atomic mass is 16.5. The maximum atomic E-state index is 10.8.